The van der Waals surface area contributed by atoms with Crippen LogP contribution in [0.15, 0.2) is 109 Å². The molecule has 0 radical (unpaired) electrons. The molecule has 0 aromatic heterocycles. The topological polar surface area (TPSA) is 55.4 Å². The number of nitrogens with one attached hydrogen (secondary N) is 1. The number of hydrogen-bond acceptors (Lipinski definition) is 3. The number of ketones is 1. The van der Waals surface area contributed by atoms with Crippen molar-refractivity contribution in [3.63, 3.8) is 0 Å². The first kappa shape index (κ1) is 28.3. The summed E-state index contributed by atoms with van der Waals surface area (Å²) in [6, 6.07) is 31.1. The molecule has 4 rings (SSSR count). The lowest BCUT2D eigenvalue weighted by atomic mass is 10.0. The highest BCUT2D eigenvalue weighted by atomic mass is 16.5. The first-order valence-electron chi connectivity index (χ1n) is 13.7. The van der Waals surface area contributed by atoms with E-state index in [2.05, 4.69) is 31.3 Å². The van der Waals surface area contributed by atoms with Gasteiger partial charge in [-0.15, -0.1) is 0 Å². The van der Waals surface area contributed by atoms with Gasteiger partial charge in [0.15, 0.2) is 5.78 Å². The summed E-state index contributed by atoms with van der Waals surface area (Å²) in [6.07, 6.45) is 9.33. The SMILES string of the molecule is CCc1cccc(CC)c1NC(=O)Cc1ccc(C(=O)C=Cc2ccc(OCC=Cc3ccccc3)cc2)cc1. The molecule has 0 saturated carbocycles. The summed E-state index contributed by atoms with van der Waals surface area (Å²) in [5, 5.41) is 3.10. The van der Waals surface area contributed by atoms with Crippen molar-refractivity contribution in [2.24, 2.45) is 0 Å². The molecule has 0 fully saturated rings. The molecule has 0 heterocycles. The van der Waals surface area contributed by atoms with Crippen molar-refractivity contribution in [1.29, 1.82) is 0 Å². The van der Waals surface area contributed by atoms with Crippen LogP contribution < -0.4 is 10.1 Å². The standard InChI is InChI=1S/C36H35NO3/c1-3-30-13-8-14-31(4-2)36(30)37-35(39)26-29-15-20-32(21-16-29)34(38)24-19-28-17-22-33(23-18-28)40-25-9-12-27-10-6-5-7-11-27/h5-24H,3-4,25-26H2,1-2H3,(H,37,39). The van der Waals surface area contributed by atoms with Gasteiger partial charge in [-0.25, -0.2) is 0 Å². The smallest absolute Gasteiger partial charge is 0.228 e. The van der Waals surface area contributed by atoms with Gasteiger partial charge in [-0.3, -0.25) is 9.59 Å². The normalized spacial score (nSPS) is 11.2. The van der Waals surface area contributed by atoms with Crippen molar-refractivity contribution >= 4 is 29.5 Å². The Morgan fingerprint density at radius 1 is 0.725 bits per heavy atom. The zero-order valence-corrected chi connectivity index (χ0v) is 23.1. The van der Waals surface area contributed by atoms with Crippen LogP contribution in [0.25, 0.3) is 12.2 Å². The molecular weight excluding hydrogens is 494 g/mol. The number of aryl methyl sites for hydroxylation is 2. The number of ether oxygens (including phenoxy) is 1. The van der Waals surface area contributed by atoms with Crippen LogP contribution in [-0.2, 0) is 24.1 Å². The molecule has 4 nitrogen and oxygen atoms in total. The number of rotatable bonds is 12. The molecule has 202 valence electrons. The summed E-state index contributed by atoms with van der Waals surface area (Å²) in [7, 11) is 0. The third-order valence-corrected chi connectivity index (χ3v) is 6.63. The van der Waals surface area contributed by atoms with E-state index >= 15 is 0 Å². The molecule has 0 saturated heterocycles. The lowest BCUT2D eigenvalue weighted by Gasteiger charge is -2.14. The van der Waals surface area contributed by atoms with Gasteiger partial charge in [0.05, 0.1) is 6.42 Å². The van der Waals surface area contributed by atoms with E-state index in [4.69, 9.17) is 4.74 Å². The lowest BCUT2D eigenvalue weighted by molar-refractivity contribution is -0.115. The van der Waals surface area contributed by atoms with Gasteiger partial charge in [0, 0.05) is 11.3 Å². The van der Waals surface area contributed by atoms with E-state index in [-0.39, 0.29) is 18.1 Å². The minimum absolute atomic E-state index is 0.0609. The Balaban J connectivity index is 1.27. The molecule has 4 heteroatoms. The number of hydrogen-bond donors (Lipinski definition) is 1. The Morgan fingerprint density at radius 2 is 1.38 bits per heavy atom. The summed E-state index contributed by atoms with van der Waals surface area (Å²) in [5.41, 5.74) is 6.68. The molecule has 0 bridgehead atoms. The van der Waals surface area contributed by atoms with Crippen molar-refractivity contribution in [1.82, 2.24) is 0 Å². The second kappa shape index (κ2) is 14.5. The average molecular weight is 530 g/mol. The second-order valence-electron chi connectivity index (χ2n) is 9.47. The van der Waals surface area contributed by atoms with Crippen LogP contribution in [0.4, 0.5) is 5.69 Å². The van der Waals surface area contributed by atoms with Gasteiger partial charge in [0.25, 0.3) is 0 Å². The molecule has 0 spiro atoms. The molecule has 0 aliphatic heterocycles. The molecule has 1 N–H and O–H groups in total. The van der Waals surface area contributed by atoms with E-state index in [1.54, 1.807) is 24.3 Å². The highest BCUT2D eigenvalue weighted by molar-refractivity contribution is 6.06. The van der Waals surface area contributed by atoms with Crippen molar-refractivity contribution in [3.8, 4) is 5.75 Å². The molecule has 0 atom stereocenters. The number of allylic oxidation sites excluding steroid dienone is 1. The lowest BCUT2D eigenvalue weighted by Crippen LogP contribution is -2.17. The van der Waals surface area contributed by atoms with E-state index in [1.165, 1.54) is 0 Å². The maximum atomic E-state index is 12.8. The van der Waals surface area contributed by atoms with Gasteiger partial charge in [-0.05, 0) is 64.9 Å². The van der Waals surface area contributed by atoms with Crippen molar-refractivity contribution in [2.45, 2.75) is 33.1 Å². The van der Waals surface area contributed by atoms with Crippen molar-refractivity contribution < 1.29 is 14.3 Å². The van der Waals surface area contributed by atoms with E-state index in [0.717, 1.165) is 52.1 Å². The number of para-hydroxylation sites is 1. The monoisotopic (exact) mass is 529 g/mol. The second-order valence-corrected chi connectivity index (χ2v) is 9.47. The number of carbonyl (C=O) groups excluding carboxylic acids is 2. The largest absolute Gasteiger partial charge is 0.490 e. The van der Waals surface area contributed by atoms with Crippen LogP contribution in [0.1, 0.15) is 52.0 Å². The maximum Gasteiger partial charge on any atom is 0.228 e. The predicted octanol–water partition coefficient (Wildman–Crippen LogP) is 7.98. The molecule has 0 aliphatic carbocycles. The Kier molecular flexibility index (Phi) is 10.2. The Labute approximate surface area is 237 Å². The van der Waals surface area contributed by atoms with Crippen LogP contribution in [0.3, 0.4) is 0 Å². The first-order chi connectivity index (χ1) is 19.6. The van der Waals surface area contributed by atoms with Gasteiger partial charge in [-0.1, -0.05) is 111 Å². The molecule has 4 aromatic rings. The number of amides is 1. The predicted molar refractivity (Wildman–Crippen MR) is 165 cm³/mol. The quantitative estimate of drug-likeness (QED) is 0.150. The highest BCUT2D eigenvalue weighted by Gasteiger charge is 2.11. The summed E-state index contributed by atoms with van der Waals surface area (Å²) in [6.45, 7) is 4.66. The number of carbonyl (C=O) groups is 2. The summed E-state index contributed by atoms with van der Waals surface area (Å²) < 4.78 is 5.77. The molecular formula is C36H35NO3. The van der Waals surface area contributed by atoms with Crippen LogP contribution in [0.2, 0.25) is 0 Å². The van der Waals surface area contributed by atoms with Gasteiger partial charge in [-0.2, -0.15) is 0 Å². The van der Waals surface area contributed by atoms with E-state index in [1.807, 2.05) is 84.9 Å². The van der Waals surface area contributed by atoms with Crippen LogP contribution in [-0.4, -0.2) is 18.3 Å². The zero-order valence-electron chi connectivity index (χ0n) is 23.1. The van der Waals surface area contributed by atoms with Crippen LogP contribution in [0, 0.1) is 0 Å². The van der Waals surface area contributed by atoms with Gasteiger partial charge < -0.3 is 10.1 Å². The fourth-order valence-electron chi connectivity index (χ4n) is 4.39. The van der Waals surface area contributed by atoms with Crippen molar-refractivity contribution in [3.05, 3.63) is 143 Å². The van der Waals surface area contributed by atoms with Crippen LogP contribution in [0.5, 0.6) is 5.75 Å². The maximum absolute atomic E-state index is 12.8. The number of benzene rings is 4. The number of anilines is 1. The van der Waals surface area contributed by atoms with E-state index in [9.17, 15) is 9.59 Å². The van der Waals surface area contributed by atoms with Crippen LogP contribution >= 0.6 is 0 Å². The van der Waals surface area contributed by atoms with Gasteiger partial charge >= 0.3 is 0 Å². The zero-order chi connectivity index (χ0) is 28.2. The minimum Gasteiger partial charge on any atom is -0.490 e. The molecule has 0 aliphatic rings. The molecule has 1 amide bonds. The summed E-state index contributed by atoms with van der Waals surface area (Å²) in [4.78, 5) is 25.4. The Hall–Kier alpha value is -4.70. The summed E-state index contributed by atoms with van der Waals surface area (Å²) in [5.74, 6) is 0.617. The average Bonchev–Trinajstić information content (AvgIpc) is 2.99. The molecule has 0 unspecified atom stereocenters. The third kappa shape index (κ3) is 8.15. The minimum atomic E-state index is -0.0909. The van der Waals surface area contributed by atoms with Gasteiger partial charge in [0.2, 0.25) is 5.91 Å². The highest BCUT2D eigenvalue weighted by Crippen LogP contribution is 2.23. The molecule has 4 aromatic carbocycles. The fourth-order valence-corrected chi connectivity index (χ4v) is 4.39. The van der Waals surface area contributed by atoms with E-state index in [0.29, 0.717) is 12.2 Å². The van der Waals surface area contributed by atoms with Crippen molar-refractivity contribution in [2.75, 3.05) is 11.9 Å². The fraction of sp³-hybridized carbons (Fsp3) is 0.167. The Bertz CT molecular complexity index is 1440. The molecule has 40 heavy (non-hydrogen) atoms. The summed E-state index contributed by atoms with van der Waals surface area (Å²) >= 11 is 0. The first-order valence-corrected chi connectivity index (χ1v) is 13.7. The Morgan fingerprint density at radius 3 is 2.02 bits per heavy atom. The van der Waals surface area contributed by atoms with E-state index < -0.39 is 0 Å². The van der Waals surface area contributed by atoms with Gasteiger partial charge in [0.1, 0.15) is 12.4 Å². The third-order valence-electron chi connectivity index (χ3n) is 6.63.